The van der Waals surface area contributed by atoms with Gasteiger partial charge in [0.15, 0.2) is 5.03 Å². The zero-order valence-corrected chi connectivity index (χ0v) is 12.3. The van der Waals surface area contributed by atoms with Gasteiger partial charge in [0.25, 0.3) is 10.0 Å². The Morgan fingerprint density at radius 1 is 1.33 bits per heavy atom. The van der Waals surface area contributed by atoms with E-state index in [2.05, 4.69) is 30.8 Å². The number of sulfonamides is 1. The molecule has 0 saturated heterocycles. The van der Waals surface area contributed by atoms with Gasteiger partial charge < -0.3 is 0 Å². The van der Waals surface area contributed by atoms with E-state index in [0.717, 1.165) is 11.1 Å². The van der Waals surface area contributed by atoms with Crippen LogP contribution in [0, 0.1) is 13.8 Å². The number of aromatic nitrogens is 2. The lowest BCUT2D eigenvalue weighted by Gasteiger charge is -2.12. The van der Waals surface area contributed by atoms with Crippen LogP contribution < -0.4 is 4.72 Å². The van der Waals surface area contributed by atoms with Gasteiger partial charge in [-0.1, -0.05) is 6.07 Å². The zero-order chi connectivity index (χ0) is 13.3. The maximum absolute atomic E-state index is 12.0. The summed E-state index contributed by atoms with van der Waals surface area (Å²) in [6, 6.07) is 5.17. The molecule has 18 heavy (non-hydrogen) atoms. The lowest BCUT2D eigenvalue weighted by Crippen LogP contribution is -2.14. The summed E-state index contributed by atoms with van der Waals surface area (Å²) in [5.41, 5.74) is 2.45. The molecule has 0 aliphatic carbocycles. The number of aryl methyl sites for hydroxylation is 2. The Balaban J connectivity index is 2.42. The molecule has 0 amide bonds. The minimum atomic E-state index is -3.63. The Bertz CT molecular complexity index is 643. The number of hydrogen-bond donors (Lipinski definition) is 2. The van der Waals surface area contributed by atoms with Gasteiger partial charge in [0.1, 0.15) is 0 Å². The van der Waals surface area contributed by atoms with E-state index in [0.29, 0.717) is 10.2 Å². The number of aromatic amines is 1. The summed E-state index contributed by atoms with van der Waals surface area (Å²) in [6.07, 6.45) is 1.39. The molecule has 0 aliphatic rings. The van der Waals surface area contributed by atoms with Gasteiger partial charge in [-0.15, -0.1) is 0 Å². The Labute approximate surface area is 114 Å². The van der Waals surface area contributed by atoms with Crippen LogP contribution in [0.3, 0.4) is 0 Å². The highest BCUT2D eigenvalue weighted by molar-refractivity contribution is 9.10. The summed E-state index contributed by atoms with van der Waals surface area (Å²) in [5, 5.41) is 6.10. The van der Waals surface area contributed by atoms with E-state index < -0.39 is 10.0 Å². The highest BCUT2D eigenvalue weighted by atomic mass is 79.9. The topological polar surface area (TPSA) is 74.8 Å². The minimum Gasteiger partial charge on any atom is -0.277 e. The van der Waals surface area contributed by atoms with Gasteiger partial charge in [-0.05, 0) is 53.0 Å². The van der Waals surface area contributed by atoms with Gasteiger partial charge in [-0.3, -0.25) is 9.82 Å². The SMILES string of the molecule is Cc1cc(C)c(NS(=O)(=O)c2ccn[nH]2)c(Br)c1. The van der Waals surface area contributed by atoms with Crippen molar-refractivity contribution in [3.63, 3.8) is 0 Å². The molecule has 1 heterocycles. The van der Waals surface area contributed by atoms with Crippen LogP contribution in [0.25, 0.3) is 0 Å². The van der Waals surface area contributed by atoms with Crippen molar-refractivity contribution in [3.05, 3.63) is 40.0 Å². The number of halogens is 1. The van der Waals surface area contributed by atoms with Crippen molar-refractivity contribution in [3.8, 4) is 0 Å². The molecule has 5 nitrogen and oxygen atoms in total. The third kappa shape index (κ3) is 2.56. The third-order valence-electron chi connectivity index (χ3n) is 2.43. The molecule has 0 atom stereocenters. The second kappa shape index (κ2) is 4.74. The highest BCUT2D eigenvalue weighted by Gasteiger charge is 2.18. The smallest absolute Gasteiger partial charge is 0.277 e. The fourth-order valence-corrected chi connectivity index (χ4v) is 3.59. The van der Waals surface area contributed by atoms with Gasteiger partial charge in [-0.25, -0.2) is 0 Å². The van der Waals surface area contributed by atoms with E-state index in [1.54, 1.807) is 0 Å². The summed E-state index contributed by atoms with van der Waals surface area (Å²) in [4.78, 5) is 0. The average Bonchev–Trinajstić information content (AvgIpc) is 2.77. The number of nitrogens with one attached hydrogen (secondary N) is 2. The second-order valence-corrected chi connectivity index (χ2v) is 6.47. The lowest BCUT2D eigenvalue weighted by molar-refractivity contribution is 0.597. The van der Waals surface area contributed by atoms with Crippen molar-refractivity contribution in [2.24, 2.45) is 0 Å². The van der Waals surface area contributed by atoms with E-state index in [-0.39, 0.29) is 5.03 Å². The van der Waals surface area contributed by atoms with E-state index in [1.807, 2.05) is 26.0 Å². The molecular weight excluding hydrogens is 318 g/mol. The highest BCUT2D eigenvalue weighted by Crippen LogP contribution is 2.29. The number of rotatable bonds is 3. The number of hydrogen-bond acceptors (Lipinski definition) is 3. The van der Waals surface area contributed by atoms with Crippen molar-refractivity contribution >= 4 is 31.6 Å². The molecule has 0 fully saturated rings. The van der Waals surface area contributed by atoms with E-state index in [9.17, 15) is 8.42 Å². The number of H-pyrrole nitrogens is 1. The molecule has 0 saturated carbocycles. The van der Waals surface area contributed by atoms with E-state index >= 15 is 0 Å². The van der Waals surface area contributed by atoms with Gasteiger partial charge in [0.05, 0.1) is 11.9 Å². The van der Waals surface area contributed by atoms with Crippen molar-refractivity contribution in [1.82, 2.24) is 10.2 Å². The number of nitrogens with zero attached hydrogens (tertiary/aromatic N) is 1. The standard InChI is InChI=1S/C11H12BrN3O2S/c1-7-5-8(2)11(9(12)6-7)15-18(16,17)10-3-4-13-14-10/h3-6,15H,1-2H3,(H,13,14). The van der Waals surface area contributed by atoms with E-state index in [1.165, 1.54) is 12.3 Å². The van der Waals surface area contributed by atoms with Gasteiger partial charge in [-0.2, -0.15) is 13.5 Å². The molecule has 1 aromatic carbocycles. The monoisotopic (exact) mass is 329 g/mol. The van der Waals surface area contributed by atoms with Crippen LogP contribution in [-0.2, 0) is 10.0 Å². The predicted octanol–water partition coefficient (Wildman–Crippen LogP) is 2.59. The fourth-order valence-electron chi connectivity index (χ4n) is 1.63. The fraction of sp³-hybridized carbons (Fsp3) is 0.182. The molecule has 0 radical (unpaired) electrons. The first-order valence-corrected chi connectivity index (χ1v) is 7.47. The largest absolute Gasteiger partial charge is 0.278 e. The zero-order valence-electron chi connectivity index (χ0n) is 9.86. The first-order valence-electron chi connectivity index (χ1n) is 5.19. The molecule has 2 rings (SSSR count). The molecular formula is C11H12BrN3O2S. The van der Waals surface area contributed by atoms with Crippen molar-refractivity contribution < 1.29 is 8.42 Å². The van der Waals surface area contributed by atoms with Crippen LogP contribution >= 0.6 is 15.9 Å². The minimum absolute atomic E-state index is 0.0365. The van der Waals surface area contributed by atoms with Crippen LogP contribution in [0.4, 0.5) is 5.69 Å². The van der Waals surface area contributed by atoms with Crippen molar-refractivity contribution in [2.45, 2.75) is 18.9 Å². The molecule has 96 valence electrons. The predicted molar refractivity (Wildman–Crippen MR) is 73.0 cm³/mol. The first-order chi connectivity index (χ1) is 8.40. The van der Waals surface area contributed by atoms with Gasteiger partial charge >= 0.3 is 0 Å². The lowest BCUT2D eigenvalue weighted by atomic mass is 10.1. The molecule has 0 unspecified atom stereocenters. The molecule has 0 aliphatic heterocycles. The Hall–Kier alpha value is -1.34. The van der Waals surface area contributed by atoms with Crippen LogP contribution in [0.5, 0.6) is 0 Å². The summed E-state index contributed by atoms with van der Waals surface area (Å²) in [7, 11) is -3.63. The molecule has 0 spiro atoms. The molecule has 1 aromatic heterocycles. The maximum Gasteiger partial charge on any atom is 0.278 e. The average molecular weight is 330 g/mol. The summed E-state index contributed by atoms with van der Waals surface area (Å²) in [6.45, 7) is 3.80. The summed E-state index contributed by atoms with van der Waals surface area (Å²) in [5.74, 6) is 0. The van der Waals surface area contributed by atoms with Crippen LogP contribution in [-0.4, -0.2) is 18.6 Å². The number of anilines is 1. The second-order valence-electron chi connectivity index (χ2n) is 3.97. The molecule has 0 bridgehead atoms. The van der Waals surface area contributed by atoms with Crippen LogP contribution in [0.1, 0.15) is 11.1 Å². The quantitative estimate of drug-likeness (QED) is 0.908. The summed E-state index contributed by atoms with van der Waals surface area (Å²) >= 11 is 3.36. The molecule has 2 N–H and O–H groups in total. The van der Waals surface area contributed by atoms with Crippen LogP contribution in [0.15, 0.2) is 33.9 Å². The first kappa shape index (κ1) is 13.1. The van der Waals surface area contributed by atoms with E-state index in [4.69, 9.17) is 0 Å². The Morgan fingerprint density at radius 2 is 2.06 bits per heavy atom. The van der Waals surface area contributed by atoms with Crippen molar-refractivity contribution in [2.75, 3.05) is 4.72 Å². The van der Waals surface area contributed by atoms with Crippen molar-refractivity contribution in [1.29, 1.82) is 0 Å². The maximum atomic E-state index is 12.0. The van der Waals surface area contributed by atoms with Gasteiger partial charge in [0, 0.05) is 4.47 Å². The van der Waals surface area contributed by atoms with Gasteiger partial charge in [0.2, 0.25) is 0 Å². The van der Waals surface area contributed by atoms with Crippen LogP contribution in [0.2, 0.25) is 0 Å². The number of benzene rings is 1. The third-order valence-corrected chi connectivity index (χ3v) is 4.34. The Morgan fingerprint density at radius 3 is 2.61 bits per heavy atom. The molecule has 2 aromatic rings. The normalized spacial score (nSPS) is 11.5. The molecule has 7 heteroatoms. The summed E-state index contributed by atoms with van der Waals surface area (Å²) < 4.78 is 27.3. The Kier molecular flexibility index (Phi) is 3.45.